The Kier molecular flexibility index (Phi) is 4.07. The molecule has 6 nitrogen and oxygen atoms in total. The van der Waals surface area contributed by atoms with Crippen molar-refractivity contribution in [2.24, 2.45) is 0 Å². The molecule has 23 heavy (non-hydrogen) atoms. The summed E-state index contributed by atoms with van der Waals surface area (Å²) in [6.45, 7) is 2.00. The molecule has 0 atom stereocenters. The van der Waals surface area contributed by atoms with Gasteiger partial charge in [0.25, 0.3) is 0 Å². The average molecular weight is 351 g/mol. The third-order valence-electron chi connectivity index (χ3n) is 4.58. The van der Waals surface area contributed by atoms with Gasteiger partial charge < -0.3 is 9.80 Å². The van der Waals surface area contributed by atoms with Crippen LogP contribution < -0.4 is 9.80 Å². The molecule has 0 aromatic carbocycles. The smallest absolute Gasteiger partial charge is 0.225 e. The van der Waals surface area contributed by atoms with Crippen molar-refractivity contribution >= 4 is 34.2 Å². The Morgan fingerprint density at radius 2 is 1.87 bits per heavy atom. The van der Waals surface area contributed by atoms with E-state index in [1.165, 1.54) is 12.8 Å². The van der Waals surface area contributed by atoms with Crippen molar-refractivity contribution in [2.45, 2.75) is 37.6 Å². The quantitative estimate of drug-likeness (QED) is 0.845. The Morgan fingerprint density at radius 3 is 2.52 bits per heavy atom. The Bertz CT molecular complexity index is 663. The van der Waals surface area contributed by atoms with Gasteiger partial charge in [-0.05, 0) is 25.7 Å². The summed E-state index contributed by atoms with van der Waals surface area (Å²) in [6, 6.07) is 0.447. The van der Waals surface area contributed by atoms with Gasteiger partial charge in [0.1, 0.15) is 5.82 Å². The number of hydrogen-bond acceptors (Lipinski definition) is 7. The van der Waals surface area contributed by atoms with Crippen molar-refractivity contribution in [3.63, 3.8) is 0 Å². The summed E-state index contributed by atoms with van der Waals surface area (Å²) >= 11 is 7.40. The van der Waals surface area contributed by atoms with Crippen LogP contribution in [0.25, 0.3) is 0 Å². The molecule has 2 aromatic heterocycles. The van der Waals surface area contributed by atoms with E-state index in [1.807, 2.05) is 0 Å². The molecule has 0 radical (unpaired) electrons. The molecule has 2 aromatic rings. The molecule has 2 fully saturated rings. The van der Waals surface area contributed by atoms with Crippen molar-refractivity contribution in [1.29, 1.82) is 0 Å². The fourth-order valence-corrected chi connectivity index (χ4v) is 3.85. The zero-order valence-corrected chi connectivity index (χ0v) is 14.6. The number of nitrogens with zero attached hydrogens (tertiary/aromatic N) is 6. The second-order valence-corrected chi connectivity index (χ2v) is 7.41. The minimum absolute atomic E-state index is 0.447. The van der Waals surface area contributed by atoms with E-state index < -0.39 is 0 Å². The van der Waals surface area contributed by atoms with Crippen molar-refractivity contribution in [2.75, 3.05) is 29.9 Å². The summed E-state index contributed by atoms with van der Waals surface area (Å²) in [5.74, 6) is 2.42. The summed E-state index contributed by atoms with van der Waals surface area (Å²) in [6.07, 6.45) is 7.95. The third-order valence-corrected chi connectivity index (χ3v) is 5.56. The number of halogens is 1. The van der Waals surface area contributed by atoms with Crippen LogP contribution in [-0.4, -0.2) is 45.5 Å². The van der Waals surface area contributed by atoms with Crippen molar-refractivity contribution < 1.29 is 0 Å². The lowest BCUT2D eigenvalue weighted by Crippen LogP contribution is -2.44. The van der Waals surface area contributed by atoms with Gasteiger partial charge in [-0.2, -0.15) is 4.37 Å². The minimum Gasteiger partial charge on any atom is -0.347 e. The molecule has 1 saturated heterocycles. The largest absolute Gasteiger partial charge is 0.347 e. The van der Waals surface area contributed by atoms with E-state index >= 15 is 0 Å². The lowest BCUT2D eigenvalue weighted by atomic mass is 10.0. The highest BCUT2D eigenvalue weighted by Gasteiger charge is 2.30. The number of anilines is 2. The highest BCUT2D eigenvalue weighted by Crippen LogP contribution is 2.40. The maximum Gasteiger partial charge on any atom is 0.225 e. The van der Waals surface area contributed by atoms with Crippen LogP contribution in [0.1, 0.15) is 37.4 Å². The summed E-state index contributed by atoms with van der Waals surface area (Å²) in [5, 5.41) is 1.65. The average Bonchev–Trinajstić information content (AvgIpc) is 3.32. The maximum atomic E-state index is 5.86. The molecule has 2 aliphatic rings. The van der Waals surface area contributed by atoms with Gasteiger partial charge in [0.2, 0.25) is 11.1 Å². The topological polar surface area (TPSA) is 58.0 Å². The fraction of sp³-hybridized carbons (Fsp3) is 0.600. The molecular weight excluding hydrogens is 332 g/mol. The van der Waals surface area contributed by atoms with Crippen LogP contribution >= 0.6 is 23.1 Å². The fourth-order valence-electron chi connectivity index (χ4n) is 2.96. The van der Waals surface area contributed by atoms with Crippen molar-refractivity contribution in [1.82, 2.24) is 19.3 Å². The van der Waals surface area contributed by atoms with Gasteiger partial charge >= 0.3 is 0 Å². The van der Waals surface area contributed by atoms with Gasteiger partial charge in [0.05, 0.1) is 17.4 Å². The molecular formula is C15H19ClN6S. The predicted octanol–water partition coefficient (Wildman–Crippen LogP) is 2.96. The lowest BCUT2D eigenvalue weighted by molar-refractivity contribution is 0.477. The number of piperidine rings is 1. The summed E-state index contributed by atoms with van der Waals surface area (Å²) in [5.41, 5.74) is 0. The Labute approximate surface area is 144 Å². The molecule has 1 saturated carbocycles. The van der Waals surface area contributed by atoms with E-state index in [0.29, 0.717) is 17.0 Å². The van der Waals surface area contributed by atoms with E-state index in [2.05, 4.69) is 31.2 Å². The van der Waals surface area contributed by atoms with Gasteiger partial charge in [0.15, 0.2) is 0 Å². The first-order valence-electron chi connectivity index (χ1n) is 7.99. The van der Waals surface area contributed by atoms with Crippen LogP contribution in [-0.2, 0) is 0 Å². The van der Waals surface area contributed by atoms with E-state index in [4.69, 9.17) is 16.6 Å². The molecule has 0 unspecified atom stereocenters. The molecule has 1 aliphatic carbocycles. The number of rotatable bonds is 4. The van der Waals surface area contributed by atoms with Crippen LogP contribution in [0, 0.1) is 0 Å². The monoisotopic (exact) mass is 350 g/mol. The standard InChI is InChI=1S/C15H19ClN6S/c1-21(14-17-8-11(16)9-18-14)12-4-6-22(7-5-12)15-19-13(20-23-15)10-2-3-10/h8-10,12H,2-7H2,1H3. The molecule has 0 amide bonds. The molecule has 4 rings (SSSR count). The van der Waals surface area contributed by atoms with E-state index in [9.17, 15) is 0 Å². The van der Waals surface area contributed by atoms with Gasteiger partial charge in [-0.3, -0.25) is 0 Å². The van der Waals surface area contributed by atoms with Crippen LogP contribution in [0.5, 0.6) is 0 Å². The van der Waals surface area contributed by atoms with E-state index in [0.717, 1.165) is 42.8 Å². The number of hydrogen-bond donors (Lipinski definition) is 0. The predicted molar refractivity (Wildman–Crippen MR) is 92.6 cm³/mol. The second-order valence-electron chi connectivity index (χ2n) is 6.24. The highest BCUT2D eigenvalue weighted by molar-refractivity contribution is 7.09. The Hall–Kier alpha value is -1.47. The van der Waals surface area contributed by atoms with Crippen LogP contribution in [0.2, 0.25) is 5.02 Å². The summed E-state index contributed by atoms with van der Waals surface area (Å²) < 4.78 is 4.51. The highest BCUT2D eigenvalue weighted by atomic mass is 35.5. The van der Waals surface area contributed by atoms with E-state index in [-0.39, 0.29) is 0 Å². The molecule has 0 N–H and O–H groups in total. The van der Waals surface area contributed by atoms with Gasteiger partial charge in [-0.25, -0.2) is 15.0 Å². The minimum atomic E-state index is 0.447. The molecule has 122 valence electrons. The third kappa shape index (κ3) is 3.26. The SMILES string of the molecule is CN(c1ncc(Cl)cn1)C1CCN(c2nc(C3CC3)ns2)CC1. The first kappa shape index (κ1) is 15.1. The van der Waals surface area contributed by atoms with Crippen LogP contribution in [0.15, 0.2) is 12.4 Å². The zero-order valence-electron chi connectivity index (χ0n) is 13.0. The first-order chi connectivity index (χ1) is 11.2. The number of aromatic nitrogens is 4. The Balaban J connectivity index is 1.37. The summed E-state index contributed by atoms with van der Waals surface area (Å²) in [4.78, 5) is 17.8. The van der Waals surface area contributed by atoms with Crippen molar-refractivity contribution in [3.8, 4) is 0 Å². The molecule has 1 aliphatic heterocycles. The van der Waals surface area contributed by atoms with Crippen molar-refractivity contribution in [3.05, 3.63) is 23.2 Å². The van der Waals surface area contributed by atoms with Gasteiger partial charge in [0, 0.05) is 43.6 Å². The van der Waals surface area contributed by atoms with Crippen LogP contribution in [0.3, 0.4) is 0 Å². The molecule has 0 bridgehead atoms. The lowest BCUT2D eigenvalue weighted by Gasteiger charge is -2.36. The van der Waals surface area contributed by atoms with Gasteiger partial charge in [-0.15, -0.1) is 0 Å². The first-order valence-corrected chi connectivity index (χ1v) is 9.15. The summed E-state index contributed by atoms with van der Waals surface area (Å²) in [7, 11) is 2.06. The van der Waals surface area contributed by atoms with Gasteiger partial charge in [-0.1, -0.05) is 11.6 Å². The van der Waals surface area contributed by atoms with E-state index in [1.54, 1.807) is 23.9 Å². The maximum absolute atomic E-state index is 5.86. The van der Waals surface area contributed by atoms with Crippen LogP contribution in [0.4, 0.5) is 11.1 Å². The molecule has 3 heterocycles. The normalized spacial score (nSPS) is 19.1. The Morgan fingerprint density at radius 1 is 1.17 bits per heavy atom. The molecule has 8 heteroatoms. The zero-order chi connectivity index (χ0) is 15.8. The molecule has 0 spiro atoms. The second kappa shape index (κ2) is 6.20.